The highest BCUT2D eigenvalue weighted by molar-refractivity contribution is 6.30. The first kappa shape index (κ1) is 16.3. The summed E-state index contributed by atoms with van der Waals surface area (Å²) in [6.45, 7) is 0.120. The van der Waals surface area contributed by atoms with Crippen molar-refractivity contribution >= 4 is 29.5 Å². The maximum Gasteiger partial charge on any atom is 0.230 e. The van der Waals surface area contributed by atoms with Gasteiger partial charge in [0.25, 0.3) is 0 Å². The molecule has 0 saturated carbocycles. The molecule has 0 radical (unpaired) electrons. The van der Waals surface area contributed by atoms with Crippen molar-refractivity contribution in [3.63, 3.8) is 0 Å². The third-order valence-electron chi connectivity index (χ3n) is 3.66. The van der Waals surface area contributed by atoms with Gasteiger partial charge in [0.05, 0.1) is 6.54 Å². The largest absolute Gasteiger partial charge is 0.460 e. The number of hydrogen-bond donors (Lipinski definition) is 0. The third-order valence-corrected chi connectivity index (χ3v) is 3.91. The van der Waals surface area contributed by atoms with Crippen LogP contribution >= 0.6 is 11.6 Å². The van der Waals surface area contributed by atoms with E-state index < -0.39 is 0 Å². The van der Waals surface area contributed by atoms with E-state index in [1.54, 1.807) is 24.3 Å². The first-order chi connectivity index (χ1) is 11.6. The van der Waals surface area contributed by atoms with Crippen molar-refractivity contribution in [1.29, 1.82) is 0 Å². The molecule has 0 aromatic heterocycles. The molecule has 2 aromatic rings. The Bertz CT molecular complexity index is 753. The molecule has 5 heteroatoms. The standard InChI is InChI=1S/C19H16ClNO3/c20-15-6-8-16(9-7-15)24-17(12-14-4-2-1-3-5-14)13-21-18(22)10-11-19(21)23/h1-9,12H,10-11,13H2/b17-12-. The van der Waals surface area contributed by atoms with E-state index >= 15 is 0 Å². The number of rotatable bonds is 5. The molecule has 4 nitrogen and oxygen atoms in total. The SMILES string of the molecule is O=C1CCC(=O)N1C/C(=C/c1ccccc1)Oc1ccc(Cl)cc1. The van der Waals surface area contributed by atoms with E-state index in [4.69, 9.17) is 16.3 Å². The zero-order chi connectivity index (χ0) is 16.9. The lowest BCUT2D eigenvalue weighted by Crippen LogP contribution is -2.32. The molecule has 1 aliphatic rings. The number of likely N-dealkylation sites (tertiary alicyclic amines) is 1. The minimum Gasteiger partial charge on any atom is -0.460 e. The van der Waals surface area contributed by atoms with Gasteiger partial charge < -0.3 is 4.74 Å². The number of hydrogen-bond acceptors (Lipinski definition) is 3. The molecule has 24 heavy (non-hydrogen) atoms. The molecule has 2 amide bonds. The number of ether oxygens (including phenoxy) is 1. The van der Waals surface area contributed by atoms with Crippen molar-refractivity contribution in [1.82, 2.24) is 4.90 Å². The minimum atomic E-state index is -0.168. The van der Waals surface area contributed by atoms with Gasteiger partial charge in [0.2, 0.25) is 11.8 Å². The van der Waals surface area contributed by atoms with Gasteiger partial charge in [-0.3, -0.25) is 14.5 Å². The van der Waals surface area contributed by atoms with Crippen LogP contribution in [0.3, 0.4) is 0 Å². The summed E-state index contributed by atoms with van der Waals surface area (Å²) in [5.41, 5.74) is 0.931. The Hall–Kier alpha value is -2.59. The highest BCUT2D eigenvalue weighted by Crippen LogP contribution is 2.21. The van der Waals surface area contributed by atoms with Crippen LogP contribution in [0.25, 0.3) is 6.08 Å². The molecule has 1 aliphatic heterocycles. The second kappa shape index (κ2) is 7.32. The van der Waals surface area contributed by atoms with Crippen LogP contribution in [-0.2, 0) is 9.59 Å². The van der Waals surface area contributed by atoms with E-state index in [1.807, 2.05) is 36.4 Å². The van der Waals surface area contributed by atoms with Gasteiger partial charge in [-0.25, -0.2) is 0 Å². The topological polar surface area (TPSA) is 46.6 Å². The fraction of sp³-hybridized carbons (Fsp3) is 0.158. The van der Waals surface area contributed by atoms with Crippen molar-refractivity contribution in [2.45, 2.75) is 12.8 Å². The Morgan fingerprint density at radius 1 is 1.00 bits per heavy atom. The molecule has 1 heterocycles. The van der Waals surface area contributed by atoms with Crippen LogP contribution in [0.15, 0.2) is 60.4 Å². The Balaban J connectivity index is 1.85. The molecular formula is C19H16ClNO3. The van der Waals surface area contributed by atoms with Crippen LogP contribution in [0.5, 0.6) is 5.75 Å². The van der Waals surface area contributed by atoms with Crippen LogP contribution in [-0.4, -0.2) is 23.3 Å². The number of benzene rings is 2. The van der Waals surface area contributed by atoms with Gasteiger partial charge in [-0.1, -0.05) is 41.9 Å². The number of nitrogens with zero attached hydrogens (tertiary/aromatic N) is 1. The number of carbonyl (C=O) groups excluding carboxylic acids is 2. The lowest BCUT2D eigenvalue weighted by atomic mass is 10.2. The minimum absolute atomic E-state index is 0.120. The van der Waals surface area contributed by atoms with Crippen LogP contribution in [0.1, 0.15) is 18.4 Å². The van der Waals surface area contributed by atoms with Gasteiger partial charge >= 0.3 is 0 Å². The quantitative estimate of drug-likeness (QED) is 0.612. The number of halogens is 1. The second-order valence-electron chi connectivity index (χ2n) is 5.45. The maximum absolute atomic E-state index is 11.9. The van der Waals surface area contributed by atoms with E-state index in [2.05, 4.69) is 0 Å². The van der Waals surface area contributed by atoms with Crippen molar-refractivity contribution in [3.05, 3.63) is 70.9 Å². The summed E-state index contributed by atoms with van der Waals surface area (Å²) in [7, 11) is 0. The predicted molar refractivity (Wildman–Crippen MR) is 92.5 cm³/mol. The smallest absolute Gasteiger partial charge is 0.230 e. The third kappa shape index (κ3) is 4.03. The Morgan fingerprint density at radius 3 is 2.25 bits per heavy atom. The summed E-state index contributed by atoms with van der Waals surface area (Å²) in [5, 5.41) is 0.612. The maximum atomic E-state index is 11.9. The average Bonchev–Trinajstić information content (AvgIpc) is 2.90. The second-order valence-corrected chi connectivity index (χ2v) is 5.89. The highest BCUT2D eigenvalue weighted by atomic mass is 35.5. The summed E-state index contributed by atoms with van der Waals surface area (Å²) < 4.78 is 5.89. The predicted octanol–water partition coefficient (Wildman–Crippen LogP) is 3.91. The molecular weight excluding hydrogens is 326 g/mol. The molecule has 122 valence electrons. The zero-order valence-electron chi connectivity index (χ0n) is 12.9. The van der Waals surface area contributed by atoms with E-state index in [9.17, 15) is 9.59 Å². The van der Waals surface area contributed by atoms with Crippen molar-refractivity contribution < 1.29 is 14.3 Å². The molecule has 0 bridgehead atoms. The van der Waals surface area contributed by atoms with E-state index in [0.29, 0.717) is 16.5 Å². The lowest BCUT2D eigenvalue weighted by molar-refractivity contribution is -0.138. The molecule has 0 N–H and O–H groups in total. The van der Waals surface area contributed by atoms with Crippen molar-refractivity contribution in [2.75, 3.05) is 6.54 Å². The first-order valence-corrected chi connectivity index (χ1v) is 8.02. The van der Waals surface area contributed by atoms with Crippen LogP contribution in [0.2, 0.25) is 5.02 Å². The van der Waals surface area contributed by atoms with Crippen molar-refractivity contribution in [3.8, 4) is 5.75 Å². The molecule has 0 atom stereocenters. The molecule has 0 aliphatic carbocycles. The molecule has 1 saturated heterocycles. The molecule has 0 spiro atoms. The molecule has 2 aromatic carbocycles. The molecule has 1 fully saturated rings. The summed E-state index contributed by atoms with van der Waals surface area (Å²) in [6, 6.07) is 16.5. The van der Waals surface area contributed by atoms with Crippen molar-refractivity contribution in [2.24, 2.45) is 0 Å². The highest BCUT2D eigenvalue weighted by Gasteiger charge is 2.29. The van der Waals surface area contributed by atoms with Gasteiger partial charge in [0.1, 0.15) is 11.5 Å². The number of carbonyl (C=O) groups is 2. The molecule has 3 rings (SSSR count). The summed E-state index contributed by atoms with van der Waals surface area (Å²) >= 11 is 5.89. The lowest BCUT2D eigenvalue weighted by Gasteiger charge is -2.17. The van der Waals surface area contributed by atoms with E-state index in [-0.39, 0.29) is 31.2 Å². The van der Waals surface area contributed by atoms with Gasteiger partial charge in [-0.2, -0.15) is 0 Å². The van der Waals surface area contributed by atoms with Gasteiger partial charge in [0, 0.05) is 17.9 Å². The summed E-state index contributed by atoms with van der Waals surface area (Å²) in [6.07, 6.45) is 2.35. The van der Waals surface area contributed by atoms with Crippen LogP contribution in [0.4, 0.5) is 0 Å². The van der Waals surface area contributed by atoms with Gasteiger partial charge in [0.15, 0.2) is 0 Å². The normalized spacial score (nSPS) is 15.0. The fourth-order valence-corrected chi connectivity index (χ4v) is 2.58. The van der Waals surface area contributed by atoms with Gasteiger partial charge in [-0.15, -0.1) is 0 Å². The fourth-order valence-electron chi connectivity index (χ4n) is 2.45. The monoisotopic (exact) mass is 341 g/mol. The zero-order valence-corrected chi connectivity index (χ0v) is 13.7. The Morgan fingerprint density at radius 2 is 1.62 bits per heavy atom. The molecule has 0 unspecified atom stereocenters. The Kier molecular flexibility index (Phi) is 4.96. The average molecular weight is 342 g/mol. The van der Waals surface area contributed by atoms with Crippen LogP contribution < -0.4 is 4.74 Å². The van der Waals surface area contributed by atoms with E-state index in [1.165, 1.54) is 4.90 Å². The van der Waals surface area contributed by atoms with Gasteiger partial charge in [-0.05, 0) is 35.9 Å². The summed E-state index contributed by atoms with van der Waals surface area (Å²) in [5.74, 6) is 0.783. The first-order valence-electron chi connectivity index (χ1n) is 7.64. The summed E-state index contributed by atoms with van der Waals surface area (Å²) in [4.78, 5) is 25.0. The van der Waals surface area contributed by atoms with Crippen LogP contribution in [0, 0.1) is 0 Å². The number of imide groups is 1. The Labute approximate surface area is 145 Å². The van der Waals surface area contributed by atoms with E-state index in [0.717, 1.165) is 5.56 Å². The number of amides is 2.